The maximum absolute atomic E-state index is 8.95. The van der Waals surface area contributed by atoms with E-state index in [1.54, 1.807) is 43.5 Å². The van der Waals surface area contributed by atoms with Gasteiger partial charge < -0.3 is 10.1 Å². The average Bonchev–Trinajstić information content (AvgIpc) is 2.53. The van der Waals surface area contributed by atoms with Gasteiger partial charge in [0.2, 0.25) is 0 Å². The van der Waals surface area contributed by atoms with Gasteiger partial charge in [0.15, 0.2) is 0 Å². The first kappa shape index (κ1) is 14.7. The molecule has 2 aromatic carbocycles. The van der Waals surface area contributed by atoms with Crippen molar-refractivity contribution in [3.8, 4) is 17.9 Å². The molecule has 0 bridgehead atoms. The van der Waals surface area contributed by atoms with Gasteiger partial charge in [-0.05, 0) is 36.4 Å². The number of rotatable bonds is 4. The molecule has 0 radical (unpaired) electrons. The molecular weight excluding hydrogens is 286 g/mol. The van der Waals surface area contributed by atoms with Crippen LogP contribution < -0.4 is 10.1 Å². The molecular formula is C16H12ClN3O. The van der Waals surface area contributed by atoms with E-state index in [1.807, 2.05) is 6.07 Å². The number of hydrogen-bond acceptors (Lipinski definition) is 4. The van der Waals surface area contributed by atoms with Crippen LogP contribution in [-0.2, 0) is 6.54 Å². The van der Waals surface area contributed by atoms with Crippen LogP contribution in [0.4, 0.5) is 5.69 Å². The molecule has 0 aliphatic heterocycles. The summed E-state index contributed by atoms with van der Waals surface area (Å²) in [4.78, 5) is 0. The Morgan fingerprint density at radius 2 is 1.76 bits per heavy atom. The SMILES string of the molecule is COc1ccc(C#N)cc1CNc1ccc(C#N)cc1Cl. The standard InChI is InChI=1S/C16H12ClN3O/c1-21-16-5-3-11(8-18)6-13(16)10-20-15-4-2-12(9-19)7-14(15)17/h2-7,20H,10H2,1H3. The molecule has 2 rings (SSSR count). The minimum absolute atomic E-state index is 0.463. The lowest BCUT2D eigenvalue weighted by atomic mass is 10.1. The summed E-state index contributed by atoms with van der Waals surface area (Å²) in [5.74, 6) is 0.700. The number of ether oxygens (including phenoxy) is 1. The average molecular weight is 298 g/mol. The van der Waals surface area contributed by atoms with Gasteiger partial charge in [0.1, 0.15) is 5.75 Å². The van der Waals surface area contributed by atoms with E-state index in [4.69, 9.17) is 26.9 Å². The van der Waals surface area contributed by atoms with Crippen LogP contribution in [0.2, 0.25) is 5.02 Å². The predicted molar refractivity (Wildman–Crippen MR) is 81.2 cm³/mol. The Bertz CT molecular complexity index is 744. The summed E-state index contributed by atoms with van der Waals surface area (Å²) in [6.07, 6.45) is 0. The number of hydrogen-bond donors (Lipinski definition) is 1. The Labute approximate surface area is 128 Å². The number of benzene rings is 2. The Hall–Kier alpha value is -2.69. The lowest BCUT2D eigenvalue weighted by Gasteiger charge is -2.12. The van der Waals surface area contributed by atoms with Crippen molar-refractivity contribution < 1.29 is 4.74 Å². The summed E-state index contributed by atoms with van der Waals surface area (Å²) in [6, 6.07) is 14.4. The van der Waals surface area contributed by atoms with Gasteiger partial charge >= 0.3 is 0 Å². The number of halogens is 1. The molecule has 0 saturated carbocycles. The quantitative estimate of drug-likeness (QED) is 0.934. The van der Waals surface area contributed by atoms with Gasteiger partial charge in [-0.1, -0.05) is 11.6 Å². The van der Waals surface area contributed by atoms with Crippen LogP contribution in [0.5, 0.6) is 5.75 Å². The van der Waals surface area contributed by atoms with Crippen molar-refractivity contribution in [1.82, 2.24) is 0 Å². The fourth-order valence-electron chi connectivity index (χ4n) is 1.90. The molecule has 0 atom stereocenters. The van der Waals surface area contributed by atoms with E-state index in [1.165, 1.54) is 0 Å². The lowest BCUT2D eigenvalue weighted by Crippen LogP contribution is -2.03. The van der Waals surface area contributed by atoms with Crippen molar-refractivity contribution in [2.45, 2.75) is 6.54 Å². The highest BCUT2D eigenvalue weighted by atomic mass is 35.5. The molecule has 0 aliphatic carbocycles. The Morgan fingerprint density at radius 1 is 1.10 bits per heavy atom. The zero-order valence-corrected chi connectivity index (χ0v) is 12.1. The number of nitrogens with zero attached hydrogens (tertiary/aromatic N) is 2. The molecule has 0 aliphatic rings. The minimum Gasteiger partial charge on any atom is -0.496 e. The molecule has 1 N–H and O–H groups in total. The van der Waals surface area contributed by atoms with Crippen LogP contribution in [0.15, 0.2) is 36.4 Å². The first-order chi connectivity index (χ1) is 10.2. The number of anilines is 1. The van der Waals surface area contributed by atoms with Crippen LogP contribution in [-0.4, -0.2) is 7.11 Å². The van der Waals surface area contributed by atoms with Crippen molar-refractivity contribution in [1.29, 1.82) is 10.5 Å². The number of nitriles is 2. The van der Waals surface area contributed by atoms with E-state index in [2.05, 4.69) is 11.4 Å². The smallest absolute Gasteiger partial charge is 0.123 e. The van der Waals surface area contributed by atoms with Gasteiger partial charge in [-0.25, -0.2) is 0 Å². The van der Waals surface area contributed by atoms with E-state index in [0.717, 1.165) is 11.3 Å². The molecule has 5 heteroatoms. The van der Waals surface area contributed by atoms with Crippen molar-refractivity contribution in [2.75, 3.05) is 12.4 Å². The van der Waals surface area contributed by atoms with E-state index >= 15 is 0 Å². The van der Waals surface area contributed by atoms with Crippen molar-refractivity contribution in [3.63, 3.8) is 0 Å². The molecule has 0 saturated heterocycles. The third-order valence-corrected chi connectivity index (χ3v) is 3.29. The molecule has 0 spiro atoms. The van der Waals surface area contributed by atoms with Crippen molar-refractivity contribution >= 4 is 17.3 Å². The molecule has 2 aromatic rings. The van der Waals surface area contributed by atoms with Crippen LogP contribution in [0.3, 0.4) is 0 Å². The van der Waals surface area contributed by atoms with Crippen LogP contribution in [0, 0.1) is 22.7 Å². The summed E-state index contributed by atoms with van der Waals surface area (Å²) in [5.41, 5.74) is 2.66. The number of nitrogens with one attached hydrogen (secondary N) is 1. The summed E-state index contributed by atoms with van der Waals surface area (Å²) in [6.45, 7) is 0.463. The van der Waals surface area contributed by atoms with Crippen LogP contribution in [0.1, 0.15) is 16.7 Å². The third-order valence-electron chi connectivity index (χ3n) is 2.98. The topological polar surface area (TPSA) is 68.8 Å². The fraction of sp³-hybridized carbons (Fsp3) is 0.125. The molecule has 0 unspecified atom stereocenters. The Morgan fingerprint density at radius 3 is 2.38 bits per heavy atom. The van der Waals surface area contributed by atoms with Crippen LogP contribution in [0.25, 0.3) is 0 Å². The second-order valence-electron chi connectivity index (χ2n) is 4.30. The van der Waals surface area contributed by atoms with Crippen LogP contribution >= 0.6 is 11.6 Å². The fourth-order valence-corrected chi connectivity index (χ4v) is 2.15. The Kier molecular flexibility index (Phi) is 4.66. The minimum atomic E-state index is 0.463. The first-order valence-electron chi connectivity index (χ1n) is 6.18. The molecule has 0 heterocycles. The van der Waals surface area contributed by atoms with Gasteiger partial charge in [0.05, 0.1) is 41.1 Å². The van der Waals surface area contributed by atoms with Gasteiger partial charge in [-0.3, -0.25) is 0 Å². The van der Waals surface area contributed by atoms with Crippen molar-refractivity contribution in [3.05, 3.63) is 58.1 Å². The molecule has 0 fully saturated rings. The predicted octanol–water partition coefficient (Wildman–Crippen LogP) is 3.70. The maximum atomic E-state index is 8.95. The largest absolute Gasteiger partial charge is 0.496 e. The molecule has 0 aromatic heterocycles. The van der Waals surface area contributed by atoms with E-state index in [0.29, 0.717) is 28.4 Å². The summed E-state index contributed by atoms with van der Waals surface area (Å²) < 4.78 is 5.27. The summed E-state index contributed by atoms with van der Waals surface area (Å²) in [7, 11) is 1.58. The molecule has 104 valence electrons. The zero-order chi connectivity index (χ0) is 15.2. The van der Waals surface area contributed by atoms with Gasteiger partial charge in [-0.2, -0.15) is 10.5 Å². The lowest BCUT2D eigenvalue weighted by molar-refractivity contribution is 0.410. The van der Waals surface area contributed by atoms with Gasteiger partial charge in [0, 0.05) is 12.1 Å². The third kappa shape index (κ3) is 3.45. The highest BCUT2D eigenvalue weighted by Crippen LogP contribution is 2.25. The second-order valence-corrected chi connectivity index (χ2v) is 4.71. The first-order valence-corrected chi connectivity index (χ1v) is 6.56. The van der Waals surface area contributed by atoms with E-state index < -0.39 is 0 Å². The highest BCUT2D eigenvalue weighted by Gasteiger charge is 2.06. The zero-order valence-electron chi connectivity index (χ0n) is 11.4. The van der Waals surface area contributed by atoms with Gasteiger partial charge in [0.25, 0.3) is 0 Å². The van der Waals surface area contributed by atoms with E-state index in [9.17, 15) is 0 Å². The molecule has 21 heavy (non-hydrogen) atoms. The van der Waals surface area contributed by atoms with Crippen molar-refractivity contribution in [2.24, 2.45) is 0 Å². The van der Waals surface area contributed by atoms with E-state index in [-0.39, 0.29) is 0 Å². The second kappa shape index (κ2) is 6.65. The number of methoxy groups -OCH3 is 1. The monoisotopic (exact) mass is 297 g/mol. The summed E-state index contributed by atoms with van der Waals surface area (Å²) in [5, 5.41) is 21.4. The Balaban J connectivity index is 2.20. The highest BCUT2D eigenvalue weighted by molar-refractivity contribution is 6.33. The maximum Gasteiger partial charge on any atom is 0.123 e. The molecule has 0 amide bonds. The molecule has 4 nitrogen and oxygen atoms in total. The normalized spacial score (nSPS) is 9.52. The summed E-state index contributed by atoms with van der Waals surface area (Å²) >= 11 is 6.11. The van der Waals surface area contributed by atoms with Gasteiger partial charge in [-0.15, -0.1) is 0 Å².